The van der Waals surface area contributed by atoms with E-state index in [2.05, 4.69) is 10.3 Å². The summed E-state index contributed by atoms with van der Waals surface area (Å²) in [5.74, 6) is 0.508. The van der Waals surface area contributed by atoms with Gasteiger partial charge in [0.25, 0.3) is 0 Å². The van der Waals surface area contributed by atoms with E-state index in [9.17, 15) is 4.39 Å². The lowest BCUT2D eigenvalue weighted by atomic mass is 10.2. The van der Waals surface area contributed by atoms with Crippen molar-refractivity contribution in [1.29, 1.82) is 0 Å². The standard InChI is InChI=1S/C16H19FN2O/c1-3-18-9-14-10-19-12(2)8-16(14)20-11-13-6-4-5-7-15(13)17/h4-8,10,18H,3,9,11H2,1-2H3. The number of ether oxygens (including phenoxy) is 1. The van der Waals surface area contributed by atoms with Gasteiger partial charge in [-0.25, -0.2) is 4.39 Å². The Balaban J connectivity index is 2.11. The summed E-state index contributed by atoms with van der Waals surface area (Å²) in [6.07, 6.45) is 1.80. The molecule has 1 heterocycles. The molecule has 0 bridgehead atoms. The van der Waals surface area contributed by atoms with Crippen LogP contribution in [0.3, 0.4) is 0 Å². The zero-order chi connectivity index (χ0) is 14.4. The average molecular weight is 274 g/mol. The number of halogens is 1. The van der Waals surface area contributed by atoms with E-state index in [1.165, 1.54) is 6.07 Å². The first-order valence-corrected chi connectivity index (χ1v) is 6.73. The average Bonchev–Trinajstić information content (AvgIpc) is 2.45. The number of aryl methyl sites for hydroxylation is 1. The molecule has 0 aliphatic heterocycles. The highest BCUT2D eigenvalue weighted by Crippen LogP contribution is 2.20. The number of benzene rings is 1. The molecule has 0 saturated heterocycles. The van der Waals surface area contributed by atoms with Gasteiger partial charge in [0, 0.05) is 35.6 Å². The second-order valence-electron chi connectivity index (χ2n) is 4.59. The monoisotopic (exact) mass is 274 g/mol. The second-order valence-corrected chi connectivity index (χ2v) is 4.59. The Morgan fingerprint density at radius 1 is 1.25 bits per heavy atom. The van der Waals surface area contributed by atoms with E-state index in [0.717, 1.165) is 23.6 Å². The van der Waals surface area contributed by atoms with Gasteiger partial charge >= 0.3 is 0 Å². The fourth-order valence-electron chi connectivity index (χ4n) is 1.86. The molecular formula is C16H19FN2O. The topological polar surface area (TPSA) is 34.2 Å². The molecule has 1 N–H and O–H groups in total. The van der Waals surface area contributed by atoms with E-state index in [0.29, 0.717) is 12.1 Å². The summed E-state index contributed by atoms with van der Waals surface area (Å²) in [5, 5.41) is 3.24. The van der Waals surface area contributed by atoms with Gasteiger partial charge < -0.3 is 10.1 Å². The predicted octanol–water partition coefficient (Wildman–Crippen LogP) is 3.22. The van der Waals surface area contributed by atoms with Gasteiger partial charge in [-0.3, -0.25) is 4.98 Å². The van der Waals surface area contributed by atoms with Gasteiger partial charge in [0.2, 0.25) is 0 Å². The van der Waals surface area contributed by atoms with Crippen LogP contribution in [0.1, 0.15) is 23.7 Å². The molecule has 1 aromatic carbocycles. The van der Waals surface area contributed by atoms with Gasteiger partial charge in [0.05, 0.1) is 0 Å². The maximum atomic E-state index is 13.6. The van der Waals surface area contributed by atoms with E-state index >= 15 is 0 Å². The fourth-order valence-corrected chi connectivity index (χ4v) is 1.86. The molecule has 0 radical (unpaired) electrons. The summed E-state index contributed by atoms with van der Waals surface area (Å²) in [6.45, 7) is 5.74. The Hall–Kier alpha value is -1.94. The van der Waals surface area contributed by atoms with Crippen molar-refractivity contribution in [3.05, 3.63) is 59.2 Å². The first kappa shape index (κ1) is 14.5. The van der Waals surface area contributed by atoms with Crippen molar-refractivity contribution < 1.29 is 9.13 Å². The van der Waals surface area contributed by atoms with E-state index in [1.54, 1.807) is 24.4 Å². The highest BCUT2D eigenvalue weighted by atomic mass is 19.1. The first-order chi connectivity index (χ1) is 9.70. The summed E-state index contributed by atoms with van der Waals surface area (Å²) in [6, 6.07) is 8.53. The smallest absolute Gasteiger partial charge is 0.129 e. The molecule has 0 atom stereocenters. The molecule has 106 valence electrons. The van der Waals surface area contributed by atoms with Crippen molar-refractivity contribution in [1.82, 2.24) is 10.3 Å². The van der Waals surface area contributed by atoms with E-state index in [1.807, 2.05) is 19.9 Å². The van der Waals surface area contributed by atoms with Gasteiger partial charge in [-0.1, -0.05) is 25.1 Å². The van der Waals surface area contributed by atoms with E-state index in [-0.39, 0.29) is 12.4 Å². The third-order valence-corrected chi connectivity index (χ3v) is 2.99. The van der Waals surface area contributed by atoms with Crippen LogP contribution in [0.5, 0.6) is 5.75 Å². The Morgan fingerprint density at radius 2 is 2.05 bits per heavy atom. The zero-order valence-electron chi connectivity index (χ0n) is 11.8. The van der Waals surface area contributed by atoms with Crippen molar-refractivity contribution in [2.75, 3.05) is 6.54 Å². The normalized spacial score (nSPS) is 10.6. The maximum absolute atomic E-state index is 13.6. The minimum Gasteiger partial charge on any atom is -0.488 e. The van der Waals surface area contributed by atoms with Crippen LogP contribution >= 0.6 is 0 Å². The third kappa shape index (κ3) is 3.78. The zero-order valence-corrected chi connectivity index (χ0v) is 11.8. The molecule has 2 aromatic rings. The minimum absolute atomic E-state index is 0.218. The van der Waals surface area contributed by atoms with Crippen LogP contribution in [-0.2, 0) is 13.2 Å². The summed E-state index contributed by atoms with van der Waals surface area (Å²) in [7, 11) is 0. The highest BCUT2D eigenvalue weighted by molar-refractivity contribution is 5.33. The first-order valence-electron chi connectivity index (χ1n) is 6.73. The van der Waals surface area contributed by atoms with Crippen LogP contribution < -0.4 is 10.1 Å². The number of pyridine rings is 1. The summed E-state index contributed by atoms with van der Waals surface area (Å²) in [4.78, 5) is 4.27. The minimum atomic E-state index is -0.244. The lowest BCUT2D eigenvalue weighted by Gasteiger charge is -2.12. The van der Waals surface area contributed by atoms with Gasteiger partial charge in [-0.05, 0) is 19.5 Å². The Labute approximate surface area is 118 Å². The molecule has 0 unspecified atom stereocenters. The van der Waals surface area contributed by atoms with Crippen molar-refractivity contribution in [3.63, 3.8) is 0 Å². The molecule has 0 amide bonds. The Bertz CT molecular complexity index is 572. The molecule has 0 fully saturated rings. The summed E-state index contributed by atoms with van der Waals surface area (Å²) >= 11 is 0. The maximum Gasteiger partial charge on any atom is 0.129 e. The van der Waals surface area contributed by atoms with Crippen LogP contribution in [0, 0.1) is 12.7 Å². The van der Waals surface area contributed by atoms with Crippen molar-refractivity contribution in [2.24, 2.45) is 0 Å². The fraction of sp³-hybridized carbons (Fsp3) is 0.312. The van der Waals surface area contributed by atoms with Crippen molar-refractivity contribution in [2.45, 2.75) is 27.0 Å². The molecule has 4 heteroatoms. The van der Waals surface area contributed by atoms with Crippen molar-refractivity contribution >= 4 is 0 Å². The third-order valence-electron chi connectivity index (χ3n) is 2.99. The Kier molecular flexibility index (Phi) is 5.07. The lowest BCUT2D eigenvalue weighted by molar-refractivity contribution is 0.295. The van der Waals surface area contributed by atoms with E-state index in [4.69, 9.17) is 4.74 Å². The summed E-state index contributed by atoms with van der Waals surface area (Å²) in [5.41, 5.74) is 2.42. The number of hydrogen-bond acceptors (Lipinski definition) is 3. The van der Waals surface area contributed by atoms with Crippen LogP contribution in [0.25, 0.3) is 0 Å². The van der Waals surface area contributed by atoms with Crippen LogP contribution in [0.15, 0.2) is 36.5 Å². The van der Waals surface area contributed by atoms with Crippen LogP contribution in [0.4, 0.5) is 4.39 Å². The molecular weight excluding hydrogens is 255 g/mol. The quantitative estimate of drug-likeness (QED) is 0.878. The predicted molar refractivity (Wildman–Crippen MR) is 77.1 cm³/mol. The largest absolute Gasteiger partial charge is 0.488 e. The number of nitrogens with one attached hydrogen (secondary N) is 1. The van der Waals surface area contributed by atoms with E-state index < -0.39 is 0 Å². The number of aromatic nitrogens is 1. The number of rotatable bonds is 6. The highest BCUT2D eigenvalue weighted by Gasteiger charge is 2.07. The molecule has 20 heavy (non-hydrogen) atoms. The molecule has 3 nitrogen and oxygen atoms in total. The molecule has 2 rings (SSSR count). The van der Waals surface area contributed by atoms with Gasteiger partial charge in [0.1, 0.15) is 18.2 Å². The van der Waals surface area contributed by atoms with Gasteiger partial charge in [-0.15, -0.1) is 0 Å². The van der Waals surface area contributed by atoms with Crippen molar-refractivity contribution in [3.8, 4) is 5.75 Å². The van der Waals surface area contributed by atoms with Gasteiger partial charge in [0.15, 0.2) is 0 Å². The van der Waals surface area contributed by atoms with Gasteiger partial charge in [-0.2, -0.15) is 0 Å². The van der Waals surface area contributed by atoms with Crippen LogP contribution in [0.2, 0.25) is 0 Å². The lowest BCUT2D eigenvalue weighted by Crippen LogP contribution is -2.13. The van der Waals surface area contributed by atoms with Crippen LogP contribution in [-0.4, -0.2) is 11.5 Å². The molecule has 0 saturated carbocycles. The SMILES string of the molecule is CCNCc1cnc(C)cc1OCc1ccccc1F. The molecule has 0 spiro atoms. The number of hydrogen-bond donors (Lipinski definition) is 1. The molecule has 0 aliphatic carbocycles. The summed E-state index contributed by atoms with van der Waals surface area (Å²) < 4.78 is 19.3. The molecule has 0 aliphatic rings. The molecule has 1 aromatic heterocycles. The second kappa shape index (κ2) is 7.01. The Morgan fingerprint density at radius 3 is 2.80 bits per heavy atom. The number of nitrogens with zero attached hydrogens (tertiary/aromatic N) is 1.